The molecule has 0 saturated carbocycles. The van der Waals surface area contributed by atoms with Gasteiger partial charge in [-0.15, -0.1) is 0 Å². The molecule has 1 atom stereocenters. The summed E-state index contributed by atoms with van der Waals surface area (Å²) in [6, 6.07) is 22.0. The van der Waals surface area contributed by atoms with E-state index in [-0.39, 0.29) is 11.8 Å². The van der Waals surface area contributed by atoms with E-state index in [1.54, 1.807) is 4.68 Å². The maximum Gasteiger partial charge on any atom is 0.226 e. The quantitative estimate of drug-likeness (QED) is 0.528. The van der Waals surface area contributed by atoms with Gasteiger partial charge in [0.2, 0.25) is 5.91 Å². The number of nitrogens with zero attached hydrogens (tertiary/aromatic N) is 2. The Morgan fingerprint density at radius 1 is 1.00 bits per heavy atom. The molecule has 1 amide bonds. The lowest BCUT2D eigenvalue weighted by Crippen LogP contribution is -2.24. The predicted molar refractivity (Wildman–Crippen MR) is 108 cm³/mol. The second kappa shape index (κ2) is 6.25. The summed E-state index contributed by atoms with van der Waals surface area (Å²) in [5.74, 6) is 0.670. The topological polar surface area (TPSA) is 46.9 Å². The molecule has 27 heavy (non-hydrogen) atoms. The highest BCUT2D eigenvalue weighted by Gasteiger charge is 2.31. The van der Waals surface area contributed by atoms with Crippen molar-refractivity contribution in [1.82, 2.24) is 9.78 Å². The van der Waals surface area contributed by atoms with Crippen molar-refractivity contribution in [2.45, 2.75) is 12.3 Å². The predicted octanol–water partition coefficient (Wildman–Crippen LogP) is 5.15. The Labute approximate surface area is 161 Å². The number of carbonyl (C=O) groups excluding carboxylic acids is 1. The summed E-state index contributed by atoms with van der Waals surface area (Å²) in [6.07, 6.45) is 2.25. The summed E-state index contributed by atoms with van der Waals surface area (Å²) in [5, 5.41) is 10.5. The molecule has 5 heteroatoms. The number of rotatable bonds is 2. The van der Waals surface area contributed by atoms with Crippen LogP contribution in [0.5, 0.6) is 0 Å². The Morgan fingerprint density at radius 3 is 2.70 bits per heavy atom. The zero-order chi connectivity index (χ0) is 18.4. The molecule has 4 aromatic rings. The Hall–Kier alpha value is -3.11. The van der Waals surface area contributed by atoms with Crippen molar-refractivity contribution in [2.24, 2.45) is 0 Å². The minimum atomic E-state index is -0.0345. The molecule has 0 unspecified atom stereocenters. The monoisotopic (exact) mass is 373 g/mol. The zero-order valence-corrected chi connectivity index (χ0v) is 15.1. The first-order chi connectivity index (χ1) is 13.2. The molecule has 0 aliphatic carbocycles. The third-order valence-electron chi connectivity index (χ3n) is 5.07. The van der Waals surface area contributed by atoms with E-state index < -0.39 is 0 Å². The molecule has 4 nitrogen and oxygen atoms in total. The molecule has 1 N–H and O–H groups in total. The van der Waals surface area contributed by atoms with Crippen molar-refractivity contribution in [3.63, 3.8) is 0 Å². The highest BCUT2D eigenvalue weighted by atomic mass is 35.5. The van der Waals surface area contributed by atoms with Gasteiger partial charge >= 0.3 is 0 Å². The van der Waals surface area contributed by atoms with Gasteiger partial charge in [0.15, 0.2) is 0 Å². The molecule has 0 fully saturated rings. The number of hydrogen-bond donors (Lipinski definition) is 1. The highest BCUT2D eigenvalue weighted by molar-refractivity contribution is 6.30. The Morgan fingerprint density at radius 2 is 1.81 bits per heavy atom. The fraction of sp³-hybridized carbons (Fsp3) is 0.0909. The van der Waals surface area contributed by atoms with E-state index >= 15 is 0 Å². The lowest BCUT2D eigenvalue weighted by molar-refractivity contribution is -0.116. The molecule has 0 saturated heterocycles. The van der Waals surface area contributed by atoms with E-state index in [0.717, 1.165) is 16.8 Å². The molecule has 0 radical (unpaired) electrons. The van der Waals surface area contributed by atoms with E-state index in [0.29, 0.717) is 17.3 Å². The molecule has 5 rings (SSSR count). The Kier molecular flexibility index (Phi) is 3.73. The largest absolute Gasteiger partial charge is 0.310 e. The van der Waals surface area contributed by atoms with E-state index in [1.807, 2.05) is 48.7 Å². The van der Waals surface area contributed by atoms with Crippen molar-refractivity contribution in [3.05, 3.63) is 89.1 Å². The van der Waals surface area contributed by atoms with Crippen molar-refractivity contribution >= 4 is 34.1 Å². The number of anilines is 1. The van der Waals surface area contributed by atoms with Gasteiger partial charge in [0.05, 0.1) is 11.9 Å². The first kappa shape index (κ1) is 16.1. The molecule has 132 valence electrons. The van der Waals surface area contributed by atoms with Gasteiger partial charge in [0.1, 0.15) is 5.82 Å². The SMILES string of the molecule is O=C1C[C@@H](c2cccc3ccccc23)c2cnn(-c3cccc(Cl)c3)c2N1. The van der Waals surface area contributed by atoms with Gasteiger partial charge in [-0.2, -0.15) is 5.10 Å². The van der Waals surface area contributed by atoms with Crippen LogP contribution in [0.15, 0.2) is 72.9 Å². The minimum absolute atomic E-state index is 0.00999. The van der Waals surface area contributed by atoms with Crippen LogP contribution in [-0.2, 0) is 4.79 Å². The third-order valence-corrected chi connectivity index (χ3v) is 5.31. The van der Waals surface area contributed by atoms with Crippen molar-refractivity contribution < 1.29 is 4.79 Å². The van der Waals surface area contributed by atoms with Crippen LogP contribution in [0.4, 0.5) is 5.82 Å². The number of nitrogens with one attached hydrogen (secondary N) is 1. The molecule has 3 aromatic carbocycles. The fourth-order valence-electron chi connectivity index (χ4n) is 3.86. The number of amides is 1. The van der Waals surface area contributed by atoms with Crippen LogP contribution < -0.4 is 5.32 Å². The van der Waals surface area contributed by atoms with E-state index in [9.17, 15) is 4.79 Å². The average molecular weight is 374 g/mol. The number of fused-ring (bicyclic) bond motifs is 2. The molecule has 1 aliphatic heterocycles. The lowest BCUT2D eigenvalue weighted by Gasteiger charge is -2.25. The van der Waals surface area contributed by atoms with Gasteiger partial charge in [-0.3, -0.25) is 4.79 Å². The maximum absolute atomic E-state index is 12.5. The van der Waals surface area contributed by atoms with Gasteiger partial charge in [0.25, 0.3) is 0 Å². The van der Waals surface area contributed by atoms with E-state index in [1.165, 1.54) is 10.8 Å². The molecule has 0 spiro atoms. The van der Waals surface area contributed by atoms with Crippen LogP contribution >= 0.6 is 11.6 Å². The van der Waals surface area contributed by atoms with Gasteiger partial charge in [-0.1, -0.05) is 60.1 Å². The van der Waals surface area contributed by atoms with Crippen LogP contribution in [0, 0.1) is 0 Å². The Bertz CT molecular complexity index is 1180. The second-order valence-corrected chi connectivity index (χ2v) is 7.15. The van der Waals surface area contributed by atoms with Gasteiger partial charge in [0, 0.05) is 22.9 Å². The van der Waals surface area contributed by atoms with Crippen LogP contribution in [0.3, 0.4) is 0 Å². The highest BCUT2D eigenvalue weighted by Crippen LogP contribution is 2.40. The van der Waals surface area contributed by atoms with Gasteiger partial charge in [-0.05, 0) is 34.5 Å². The normalized spacial score (nSPS) is 16.2. The average Bonchev–Trinajstić information content (AvgIpc) is 3.10. The molecule has 1 aliphatic rings. The first-order valence-electron chi connectivity index (χ1n) is 8.82. The zero-order valence-electron chi connectivity index (χ0n) is 14.4. The molecule has 2 heterocycles. The number of carbonyl (C=O) groups is 1. The second-order valence-electron chi connectivity index (χ2n) is 6.71. The van der Waals surface area contributed by atoms with Crippen molar-refractivity contribution in [2.75, 3.05) is 5.32 Å². The minimum Gasteiger partial charge on any atom is -0.310 e. The number of halogens is 1. The summed E-state index contributed by atoms with van der Waals surface area (Å²) in [7, 11) is 0. The Balaban J connectivity index is 1.69. The standard InChI is InChI=1S/C22H16ClN3O/c23-15-7-4-8-16(11-15)26-22-20(13-24-26)19(12-21(27)25-22)18-10-3-6-14-5-1-2-9-17(14)18/h1-11,13,19H,12H2,(H,25,27)/t19-/m0/s1. The number of aromatic nitrogens is 2. The smallest absolute Gasteiger partial charge is 0.226 e. The maximum atomic E-state index is 12.5. The summed E-state index contributed by atoms with van der Waals surface area (Å²) < 4.78 is 1.75. The van der Waals surface area contributed by atoms with E-state index in [4.69, 9.17) is 11.6 Å². The summed E-state index contributed by atoms with van der Waals surface area (Å²) >= 11 is 6.14. The number of hydrogen-bond acceptors (Lipinski definition) is 2. The molecule has 0 bridgehead atoms. The van der Waals surface area contributed by atoms with Gasteiger partial charge in [-0.25, -0.2) is 4.68 Å². The van der Waals surface area contributed by atoms with Crippen LogP contribution in [-0.4, -0.2) is 15.7 Å². The summed E-state index contributed by atoms with van der Waals surface area (Å²) in [4.78, 5) is 12.5. The van der Waals surface area contributed by atoms with E-state index in [2.05, 4.69) is 34.7 Å². The van der Waals surface area contributed by atoms with Crippen LogP contribution in [0.25, 0.3) is 16.5 Å². The molecule has 1 aromatic heterocycles. The third kappa shape index (κ3) is 2.69. The number of benzene rings is 3. The molecular weight excluding hydrogens is 358 g/mol. The van der Waals surface area contributed by atoms with Crippen molar-refractivity contribution in [1.29, 1.82) is 0 Å². The van der Waals surface area contributed by atoms with Crippen molar-refractivity contribution in [3.8, 4) is 5.69 Å². The lowest BCUT2D eigenvalue weighted by atomic mass is 9.84. The summed E-state index contributed by atoms with van der Waals surface area (Å²) in [5.41, 5.74) is 2.99. The summed E-state index contributed by atoms with van der Waals surface area (Å²) in [6.45, 7) is 0. The molecular formula is C22H16ClN3O. The van der Waals surface area contributed by atoms with Crippen LogP contribution in [0.1, 0.15) is 23.5 Å². The van der Waals surface area contributed by atoms with Gasteiger partial charge < -0.3 is 5.32 Å². The first-order valence-corrected chi connectivity index (χ1v) is 9.20. The van der Waals surface area contributed by atoms with Crippen LogP contribution in [0.2, 0.25) is 5.02 Å². The fourth-order valence-corrected chi connectivity index (χ4v) is 4.04.